The summed E-state index contributed by atoms with van der Waals surface area (Å²) in [6.07, 6.45) is 1.23. The van der Waals surface area contributed by atoms with Crippen LogP contribution in [0.15, 0.2) is 54.6 Å². The molecule has 0 bridgehead atoms. The second-order valence-corrected chi connectivity index (χ2v) is 10.8. The van der Waals surface area contributed by atoms with Crippen LogP contribution >= 0.6 is 23.2 Å². The van der Waals surface area contributed by atoms with Gasteiger partial charge in [0.15, 0.2) is 11.5 Å². The molecule has 1 aliphatic rings. The third-order valence-electron chi connectivity index (χ3n) is 6.21. The van der Waals surface area contributed by atoms with Crippen molar-refractivity contribution >= 4 is 34.9 Å². The third-order valence-corrected chi connectivity index (χ3v) is 6.80. The quantitative estimate of drug-likeness (QED) is 0.292. The SMILES string of the molecule is CC(C)(C)OC(=O)N1CCC(c2nnc3cc(-c4ccc(Cl)cc4)c(-c4ccccc4Cl)nn23)CC1. The summed E-state index contributed by atoms with van der Waals surface area (Å²) in [6.45, 7) is 6.81. The number of rotatable bonds is 3. The maximum absolute atomic E-state index is 12.5. The minimum absolute atomic E-state index is 0.117. The van der Waals surface area contributed by atoms with Crippen molar-refractivity contribution in [2.75, 3.05) is 13.1 Å². The van der Waals surface area contributed by atoms with Crippen LogP contribution in [-0.2, 0) is 4.74 Å². The molecule has 0 aliphatic carbocycles. The first-order valence-electron chi connectivity index (χ1n) is 11.9. The number of fused-ring (bicyclic) bond motifs is 1. The lowest BCUT2D eigenvalue weighted by Crippen LogP contribution is -2.41. The molecule has 9 heteroatoms. The fraction of sp³-hybridized carbons (Fsp3) is 0.333. The Balaban J connectivity index is 1.51. The van der Waals surface area contributed by atoms with Gasteiger partial charge in [-0.15, -0.1) is 10.2 Å². The first-order chi connectivity index (χ1) is 17.2. The van der Waals surface area contributed by atoms with Crippen molar-refractivity contribution in [1.29, 1.82) is 0 Å². The molecule has 4 aromatic rings. The zero-order chi connectivity index (χ0) is 25.4. The molecule has 2 aromatic heterocycles. The molecule has 0 saturated carbocycles. The number of carbonyl (C=O) groups is 1. The highest BCUT2D eigenvalue weighted by Crippen LogP contribution is 2.36. The number of benzene rings is 2. The lowest BCUT2D eigenvalue weighted by Gasteiger charge is -2.32. The van der Waals surface area contributed by atoms with E-state index in [9.17, 15) is 4.79 Å². The average molecular weight is 524 g/mol. The van der Waals surface area contributed by atoms with Gasteiger partial charge in [0.05, 0.1) is 5.02 Å². The van der Waals surface area contributed by atoms with Gasteiger partial charge in [0, 0.05) is 35.2 Å². The number of aromatic nitrogens is 4. The molecule has 0 radical (unpaired) electrons. The number of carbonyl (C=O) groups excluding carboxylic acids is 1. The number of hydrogen-bond acceptors (Lipinski definition) is 5. The summed E-state index contributed by atoms with van der Waals surface area (Å²) in [5.41, 5.74) is 3.55. The number of piperidine rings is 1. The van der Waals surface area contributed by atoms with Gasteiger partial charge in [-0.3, -0.25) is 0 Å². The summed E-state index contributed by atoms with van der Waals surface area (Å²) in [4.78, 5) is 14.2. The Kier molecular flexibility index (Phi) is 6.62. The predicted molar refractivity (Wildman–Crippen MR) is 141 cm³/mol. The van der Waals surface area contributed by atoms with E-state index in [4.69, 9.17) is 33.0 Å². The summed E-state index contributed by atoms with van der Waals surface area (Å²) in [5, 5.41) is 15.2. The molecule has 2 aromatic carbocycles. The van der Waals surface area contributed by atoms with E-state index in [0.29, 0.717) is 28.8 Å². The van der Waals surface area contributed by atoms with E-state index in [1.807, 2.05) is 79.9 Å². The standard InChI is InChI=1S/C27H27Cl2N5O2/c1-27(2,3)36-26(35)33-14-12-18(13-15-33)25-31-30-23-16-21(17-8-10-19(28)11-9-17)24(32-34(23)25)20-6-4-5-7-22(20)29/h4-11,16,18H,12-15H2,1-3H3. The summed E-state index contributed by atoms with van der Waals surface area (Å²) >= 11 is 12.7. The van der Waals surface area contributed by atoms with E-state index in [2.05, 4.69) is 10.2 Å². The number of hydrogen-bond donors (Lipinski definition) is 0. The van der Waals surface area contributed by atoms with Crippen LogP contribution < -0.4 is 0 Å². The van der Waals surface area contributed by atoms with Crippen LogP contribution in [0.4, 0.5) is 4.79 Å². The zero-order valence-electron chi connectivity index (χ0n) is 20.4. The number of amides is 1. The molecule has 1 aliphatic heterocycles. The average Bonchev–Trinajstić information content (AvgIpc) is 3.26. The molecule has 186 valence electrons. The third kappa shape index (κ3) is 5.04. The van der Waals surface area contributed by atoms with E-state index in [1.165, 1.54) is 0 Å². The highest BCUT2D eigenvalue weighted by Gasteiger charge is 2.30. The largest absolute Gasteiger partial charge is 0.444 e. The Labute approximate surface area is 220 Å². The molecule has 36 heavy (non-hydrogen) atoms. The van der Waals surface area contributed by atoms with Crippen LogP contribution in [0, 0.1) is 0 Å². The van der Waals surface area contributed by atoms with Crippen molar-refractivity contribution in [1.82, 2.24) is 24.7 Å². The maximum Gasteiger partial charge on any atom is 0.410 e. The van der Waals surface area contributed by atoms with Crippen molar-refractivity contribution < 1.29 is 9.53 Å². The minimum Gasteiger partial charge on any atom is -0.444 e. The van der Waals surface area contributed by atoms with Crippen molar-refractivity contribution in [3.63, 3.8) is 0 Å². The zero-order valence-corrected chi connectivity index (χ0v) is 21.9. The lowest BCUT2D eigenvalue weighted by molar-refractivity contribution is 0.0203. The highest BCUT2D eigenvalue weighted by molar-refractivity contribution is 6.33. The molecule has 0 unspecified atom stereocenters. The maximum atomic E-state index is 12.5. The van der Waals surface area contributed by atoms with Crippen molar-refractivity contribution in [3.05, 3.63) is 70.5 Å². The topological polar surface area (TPSA) is 72.6 Å². The van der Waals surface area contributed by atoms with Crippen LogP contribution in [0.2, 0.25) is 10.0 Å². The molecule has 1 saturated heterocycles. The molecule has 0 atom stereocenters. The van der Waals surface area contributed by atoms with Gasteiger partial charge in [0.1, 0.15) is 11.3 Å². The first kappa shape index (κ1) is 24.5. The minimum atomic E-state index is -0.516. The van der Waals surface area contributed by atoms with Crippen molar-refractivity contribution in [2.24, 2.45) is 0 Å². The Morgan fingerprint density at radius 3 is 2.33 bits per heavy atom. The Morgan fingerprint density at radius 2 is 1.67 bits per heavy atom. The van der Waals surface area contributed by atoms with Gasteiger partial charge in [-0.2, -0.15) is 9.61 Å². The van der Waals surface area contributed by atoms with Gasteiger partial charge in [-0.05, 0) is 63.4 Å². The summed E-state index contributed by atoms with van der Waals surface area (Å²) in [6, 6.07) is 17.3. The molecule has 0 N–H and O–H groups in total. The molecular formula is C27H27Cl2N5O2. The normalized spacial score (nSPS) is 14.9. The van der Waals surface area contributed by atoms with Crippen LogP contribution in [0.5, 0.6) is 0 Å². The smallest absolute Gasteiger partial charge is 0.410 e. The summed E-state index contributed by atoms with van der Waals surface area (Å²) in [5.74, 6) is 0.900. The fourth-order valence-corrected chi connectivity index (χ4v) is 4.80. The monoisotopic (exact) mass is 523 g/mol. The van der Waals surface area contributed by atoms with Crippen LogP contribution in [-0.4, -0.2) is 49.5 Å². The van der Waals surface area contributed by atoms with Gasteiger partial charge in [-0.1, -0.05) is 53.5 Å². The first-order valence-corrected chi connectivity index (χ1v) is 12.7. The second-order valence-electron chi connectivity index (χ2n) is 9.96. The van der Waals surface area contributed by atoms with E-state index >= 15 is 0 Å². The molecule has 3 heterocycles. The van der Waals surface area contributed by atoms with Crippen molar-refractivity contribution in [3.8, 4) is 22.4 Å². The Hall–Kier alpha value is -3.16. The Morgan fingerprint density at radius 1 is 0.972 bits per heavy atom. The molecule has 5 rings (SSSR count). The van der Waals surface area contributed by atoms with Gasteiger partial charge in [-0.25, -0.2) is 4.79 Å². The van der Waals surface area contributed by atoms with Gasteiger partial charge in [0.2, 0.25) is 0 Å². The summed E-state index contributed by atoms with van der Waals surface area (Å²) in [7, 11) is 0. The van der Waals surface area contributed by atoms with Gasteiger partial charge < -0.3 is 9.64 Å². The molecule has 7 nitrogen and oxygen atoms in total. The molecular weight excluding hydrogens is 497 g/mol. The van der Waals surface area contributed by atoms with Gasteiger partial charge in [0.25, 0.3) is 0 Å². The summed E-state index contributed by atoms with van der Waals surface area (Å²) < 4.78 is 7.34. The highest BCUT2D eigenvalue weighted by atomic mass is 35.5. The number of ether oxygens (including phenoxy) is 1. The lowest BCUT2D eigenvalue weighted by atomic mass is 9.96. The van der Waals surface area contributed by atoms with E-state index < -0.39 is 5.60 Å². The molecule has 0 spiro atoms. The van der Waals surface area contributed by atoms with Gasteiger partial charge >= 0.3 is 6.09 Å². The number of likely N-dealkylation sites (tertiary alicyclic amines) is 1. The van der Waals surface area contributed by atoms with E-state index in [0.717, 1.165) is 41.1 Å². The van der Waals surface area contributed by atoms with E-state index in [1.54, 1.807) is 4.90 Å². The van der Waals surface area contributed by atoms with Crippen LogP contribution in [0.3, 0.4) is 0 Å². The van der Waals surface area contributed by atoms with Crippen LogP contribution in [0.1, 0.15) is 45.4 Å². The molecule has 1 fully saturated rings. The molecule has 1 amide bonds. The van der Waals surface area contributed by atoms with E-state index in [-0.39, 0.29) is 12.0 Å². The van der Waals surface area contributed by atoms with Crippen molar-refractivity contribution in [2.45, 2.75) is 45.1 Å². The van der Waals surface area contributed by atoms with Crippen LogP contribution in [0.25, 0.3) is 28.0 Å². The number of nitrogens with zero attached hydrogens (tertiary/aromatic N) is 5. The Bertz CT molecular complexity index is 1400. The fourth-order valence-electron chi connectivity index (χ4n) is 4.45. The second kappa shape index (κ2) is 9.71. The number of halogens is 2. The predicted octanol–water partition coefficient (Wildman–Crippen LogP) is 6.88.